The van der Waals surface area contributed by atoms with Gasteiger partial charge in [0.2, 0.25) is 0 Å². The average Bonchev–Trinajstić information content (AvgIpc) is 2.59. The summed E-state index contributed by atoms with van der Waals surface area (Å²) in [5.74, 6) is 0.240. The van der Waals surface area contributed by atoms with Gasteiger partial charge in [-0.15, -0.1) is 5.10 Å². The molecule has 0 saturated heterocycles. The van der Waals surface area contributed by atoms with Gasteiger partial charge < -0.3 is 4.74 Å². The molecule has 0 bridgehead atoms. The second-order valence-electron chi connectivity index (χ2n) is 3.29. The van der Waals surface area contributed by atoms with Crippen LogP contribution in [-0.4, -0.2) is 27.3 Å². The molecule has 0 fully saturated rings. The number of carbonyl (C=O) groups is 1. The lowest BCUT2D eigenvalue weighted by molar-refractivity contribution is 0.167. The van der Waals surface area contributed by atoms with Gasteiger partial charge in [-0.25, -0.2) is 9.31 Å². The number of aromatic nitrogens is 3. The number of rotatable bonds is 2. The standard InChI is InChI=1S/C10H12N4O2/c1-3-16-10(15)12-9-11-8-5-4-7(2)6-14(8)13-9/h4-6H,3H2,1-2H3,(H,12,13,15). The number of pyridine rings is 1. The number of ether oxygens (including phenoxy) is 1. The van der Waals surface area contributed by atoms with E-state index in [2.05, 4.69) is 15.4 Å². The first kappa shape index (κ1) is 10.4. The first-order chi connectivity index (χ1) is 7.69. The minimum atomic E-state index is -0.546. The maximum absolute atomic E-state index is 11.1. The van der Waals surface area contributed by atoms with Crippen LogP contribution >= 0.6 is 0 Å². The highest BCUT2D eigenvalue weighted by molar-refractivity contribution is 5.82. The van der Waals surface area contributed by atoms with Gasteiger partial charge in [-0.05, 0) is 25.5 Å². The Morgan fingerprint density at radius 2 is 2.38 bits per heavy atom. The first-order valence-electron chi connectivity index (χ1n) is 4.96. The molecular weight excluding hydrogens is 208 g/mol. The van der Waals surface area contributed by atoms with E-state index in [0.717, 1.165) is 5.56 Å². The largest absolute Gasteiger partial charge is 0.450 e. The average molecular weight is 220 g/mol. The van der Waals surface area contributed by atoms with Gasteiger partial charge in [-0.2, -0.15) is 4.98 Å². The molecule has 2 heterocycles. The zero-order chi connectivity index (χ0) is 11.5. The van der Waals surface area contributed by atoms with Crippen molar-refractivity contribution in [1.82, 2.24) is 14.6 Å². The van der Waals surface area contributed by atoms with Gasteiger partial charge in [0.1, 0.15) is 0 Å². The van der Waals surface area contributed by atoms with Crippen LogP contribution in [-0.2, 0) is 4.74 Å². The summed E-state index contributed by atoms with van der Waals surface area (Å²) in [7, 11) is 0. The van der Waals surface area contributed by atoms with E-state index in [0.29, 0.717) is 12.3 Å². The van der Waals surface area contributed by atoms with Crippen LogP contribution in [0, 0.1) is 6.92 Å². The number of nitrogens with zero attached hydrogens (tertiary/aromatic N) is 3. The maximum Gasteiger partial charge on any atom is 0.414 e. The summed E-state index contributed by atoms with van der Waals surface area (Å²) < 4.78 is 6.33. The highest BCUT2D eigenvalue weighted by Crippen LogP contribution is 2.07. The summed E-state index contributed by atoms with van der Waals surface area (Å²) in [5.41, 5.74) is 1.75. The smallest absolute Gasteiger partial charge is 0.414 e. The lowest BCUT2D eigenvalue weighted by Gasteiger charge is -1.99. The van der Waals surface area contributed by atoms with Crippen LogP contribution in [0.5, 0.6) is 0 Å². The molecule has 0 radical (unpaired) electrons. The lowest BCUT2D eigenvalue weighted by atomic mass is 10.3. The van der Waals surface area contributed by atoms with Crippen molar-refractivity contribution in [1.29, 1.82) is 0 Å². The van der Waals surface area contributed by atoms with Crippen molar-refractivity contribution in [2.24, 2.45) is 0 Å². The zero-order valence-corrected chi connectivity index (χ0v) is 9.10. The van der Waals surface area contributed by atoms with E-state index in [-0.39, 0.29) is 5.95 Å². The summed E-state index contributed by atoms with van der Waals surface area (Å²) in [6.45, 7) is 4.01. The van der Waals surface area contributed by atoms with E-state index in [4.69, 9.17) is 4.74 Å². The fourth-order valence-electron chi connectivity index (χ4n) is 1.30. The molecule has 0 aliphatic carbocycles. The Morgan fingerprint density at radius 1 is 1.56 bits per heavy atom. The van der Waals surface area contributed by atoms with Gasteiger partial charge in [0.25, 0.3) is 5.95 Å². The Labute approximate surface area is 92.2 Å². The molecule has 0 unspecified atom stereocenters. The predicted molar refractivity (Wildman–Crippen MR) is 58.4 cm³/mol. The number of hydrogen-bond donors (Lipinski definition) is 1. The van der Waals surface area contributed by atoms with Crippen molar-refractivity contribution in [2.45, 2.75) is 13.8 Å². The summed E-state index contributed by atoms with van der Waals surface area (Å²) >= 11 is 0. The van der Waals surface area contributed by atoms with Crippen LogP contribution in [0.3, 0.4) is 0 Å². The molecular formula is C10H12N4O2. The third-order valence-electron chi connectivity index (χ3n) is 1.97. The van der Waals surface area contributed by atoms with Crippen LogP contribution in [0.2, 0.25) is 0 Å². The number of anilines is 1. The molecule has 0 aliphatic heterocycles. The third-order valence-corrected chi connectivity index (χ3v) is 1.97. The summed E-state index contributed by atoms with van der Waals surface area (Å²) in [5, 5.41) is 6.54. The van der Waals surface area contributed by atoms with Crippen molar-refractivity contribution < 1.29 is 9.53 Å². The normalized spacial score (nSPS) is 10.4. The Hall–Kier alpha value is -2.11. The van der Waals surface area contributed by atoms with Crippen LogP contribution < -0.4 is 5.32 Å². The van der Waals surface area contributed by atoms with E-state index >= 15 is 0 Å². The minimum Gasteiger partial charge on any atom is -0.450 e. The predicted octanol–water partition coefficient (Wildman–Crippen LogP) is 1.61. The van der Waals surface area contributed by atoms with Crippen molar-refractivity contribution in [2.75, 3.05) is 11.9 Å². The van der Waals surface area contributed by atoms with E-state index in [9.17, 15) is 4.79 Å². The quantitative estimate of drug-likeness (QED) is 0.834. The molecule has 0 saturated carbocycles. The molecule has 2 rings (SSSR count). The molecule has 1 N–H and O–H groups in total. The Balaban J connectivity index is 2.23. The zero-order valence-electron chi connectivity index (χ0n) is 9.10. The Bertz CT molecular complexity index is 521. The maximum atomic E-state index is 11.1. The summed E-state index contributed by atoms with van der Waals surface area (Å²) in [4.78, 5) is 15.2. The van der Waals surface area contributed by atoms with Crippen LogP contribution in [0.25, 0.3) is 5.65 Å². The van der Waals surface area contributed by atoms with E-state index in [1.807, 2.05) is 25.3 Å². The molecule has 6 nitrogen and oxygen atoms in total. The van der Waals surface area contributed by atoms with E-state index in [1.54, 1.807) is 11.4 Å². The Kier molecular flexibility index (Phi) is 2.72. The molecule has 0 aliphatic rings. The van der Waals surface area contributed by atoms with Gasteiger partial charge in [0.05, 0.1) is 6.61 Å². The van der Waals surface area contributed by atoms with Gasteiger partial charge in [-0.1, -0.05) is 6.07 Å². The lowest BCUT2D eigenvalue weighted by Crippen LogP contribution is -2.14. The molecule has 2 aromatic rings. The summed E-state index contributed by atoms with van der Waals surface area (Å²) in [6, 6.07) is 3.76. The van der Waals surface area contributed by atoms with Gasteiger partial charge in [-0.3, -0.25) is 5.32 Å². The van der Waals surface area contributed by atoms with Crippen molar-refractivity contribution in [3.8, 4) is 0 Å². The highest BCUT2D eigenvalue weighted by Gasteiger charge is 2.07. The highest BCUT2D eigenvalue weighted by atomic mass is 16.5. The number of nitrogens with one attached hydrogen (secondary N) is 1. The topological polar surface area (TPSA) is 68.5 Å². The van der Waals surface area contributed by atoms with Crippen LogP contribution in [0.4, 0.5) is 10.7 Å². The second-order valence-corrected chi connectivity index (χ2v) is 3.29. The minimum absolute atomic E-state index is 0.240. The fourth-order valence-corrected chi connectivity index (χ4v) is 1.30. The molecule has 0 atom stereocenters. The first-order valence-corrected chi connectivity index (χ1v) is 4.96. The number of hydrogen-bond acceptors (Lipinski definition) is 4. The number of aryl methyl sites for hydroxylation is 1. The fraction of sp³-hybridized carbons (Fsp3) is 0.300. The molecule has 6 heteroatoms. The number of amides is 1. The third kappa shape index (κ3) is 2.10. The second kappa shape index (κ2) is 4.18. The SMILES string of the molecule is CCOC(=O)Nc1nc2ccc(C)cn2n1. The van der Waals surface area contributed by atoms with Crippen LogP contribution in [0.1, 0.15) is 12.5 Å². The Morgan fingerprint density at radius 3 is 3.12 bits per heavy atom. The number of fused-ring (bicyclic) bond motifs is 1. The molecule has 1 amide bonds. The van der Waals surface area contributed by atoms with Gasteiger partial charge in [0.15, 0.2) is 5.65 Å². The molecule has 2 aromatic heterocycles. The van der Waals surface area contributed by atoms with E-state index < -0.39 is 6.09 Å². The molecule has 84 valence electrons. The molecule has 0 aromatic carbocycles. The molecule has 16 heavy (non-hydrogen) atoms. The van der Waals surface area contributed by atoms with E-state index in [1.165, 1.54) is 0 Å². The van der Waals surface area contributed by atoms with Gasteiger partial charge >= 0.3 is 6.09 Å². The number of carbonyl (C=O) groups excluding carboxylic acids is 1. The van der Waals surface area contributed by atoms with Gasteiger partial charge in [0, 0.05) is 6.20 Å². The summed E-state index contributed by atoms with van der Waals surface area (Å²) in [6.07, 6.45) is 1.29. The van der Waals surface area contributed by atoms with Crippen molar-refractivity contribution >= 4 is 17.7 Å². The van der Waals surface area contributed by atoms with Crippen LogP contribution in [0.15, 0.2) is 18.3 Å². The van der Waals surface area contributed by atoms with Crippen molar-refractivity contribution in [3.05, 3.63) is 23.9 Å². The monoisotopic (exact) mass is 220 g/mol. The molecule has 0 spiro atoms. The van der Waals surface area contributed by atoms with Crippen molar-refractivity contribution in [3.63, 3.8) is 0 Å².